The van der Waals surface area contributed by atoms with Crippen LogP contribution in [0.5, 0.6) is 0 Å². The van der Waals surface area contributed by atoms with Gasteiger partial charge in [0.1, 0.15) is 0 Å². The number of fused-ring (bicyclic) bond motifs is 7. The summed E-state index contributed by atoms with van der Waals surface area (Å²) in [7, 11) is 0. The number of aromatic nitrogens is 3. The Morgan fingerprint density at radius 1 is 0.389 bits per heavy atom. The second-order valence-electron chi connectivity index (χ2n) is 14.0. The van der Waals surface area contributed by atoms with Crippen LogP contribution in [0.25, 0.3) is 99.8 Å². The van der Waals surface area contributed by atoms with Crippen molar-refractivity contribution in [2.24, 2.45) is 0 Å². The largest absolute Gasteiger partial charge is 0.380 e. The van der Waals surface area contributed by atoms with Crippen molar-refractivity contribution in [1.29, 1.82) is 0 Å². The zero-order chi connectivity index (χ0) is 35.6. The average molecular weight is 689 g/mol. The van der Waals surface area contributed by atoms with Crippen LogP contribution in [-0.4, -0.2) is 15.0 Å². The zero-order valence-corrected chi connectivity index (χ0v) is 29.3. The van der Waals surface area contributed by atoms with Crippen molar-refractivity contribution in [2.75, 3.05) is 0 Å². The highest BCUT2D eigenvalue weighted by Gasteiger charge is 2.21. The maximum absolute atomic E-state index is 5.57. The first-order valence-electron chi connectivity index (χ1n) is 18.4. The molecule has 0 aliphatic carbocycles. The number of rotatable bonds is 4. The molecule has 0 unspecified atom stereocenters. The quantitative estimate of drug-likeness (QED) is 0.187. The first-order chi connectivity index (χ1) is 26.7. The maximum Gasteiger partial charge on any atom is 0.0979 e. The van der Waals surface area contributed by atoms with Crippen LogP contribution in [0.2, 0.25) is 0 Å². The van der Waals surface area contributed by atoms with Crippen LogP contribution in [0.3, 0.4) is 0 Å². The van der Waals surface area contributed by atoms with Crippen LogP contribution >= 0.6 is 0 Å². The monoisotopic (exact) mass is 688 g/mol. The van der Waals surface area contributed by atoms with Crippen LogP contribution in [-0.2, 0) is 6.54 Å². The van der Waals surface area contributed by atoms with Crippen LogP contribution in [0.15, 0.2) is 170 Å². The van der Waals surface area contributed by atoms with Gasteiger partial charge in [0.25, 0.3) is 0 Å². The SMILES string of the molecule is C1=C(c2cc(-c3cccc4ccccc34)nc3c2ccc2c(-c4ccc5ccccc5n4)cc(-c4cccc5ccccc45)nc23)NCc2ccccc21. The number of para-hydroxylation sites is 1. The Balaban J connectivity index is 1.26. The van der Waals surface area contributed by atoms with E-state index in [0.29, 0.717) is 0 Å². The molecule has 0 amide bonds. The summed E-state index contributed by atoms with van der Waals surface area (Å²) in [4.78, 5) is 16.3. The molecule has 0 radical (unpaired) electrons. The summed E-state index contributed by atoms with van der Waals surface area (Å²) in [5.41, 5.74) is 13.2. The van der Waals surface area contributed by atoms with Crippen molar-refractivity contribution in [2.45, 2.75) is 6.54 Å². The van der Waals surface area contributed by atoms with E-state index in [1.807, 2.05) is 6.07 Å². The molecule has 4 heterocycles. The molecule has 1 aliphatic heterocycles. The van der Waals surface area contributed by atoms with Gasteiger partial charge in [-0.15, -0.1) is 0 Å². The Morgan fingerprint density at radius 2 is 0.963 bits per heavy atom. The van der Waals surface area contributed by atoms with Crippen molar-refractivity contribution in [3.63, 3.8) is 0 Å². The van der Waals surface area contributed by atoms with Gasteiger partial charge < -0.3 is 5.32 Å². The molecule has 10 aromatic rings. The fraction of sp³-hybridized carbons (Fsp3) is 0.0200. The molecule has 1 N–H and O–H groups in total. The van der Waals surface area contributed by atoms with E-state index >= 15 is 0 Å². The van der Waals surface area contributed by atoms with Gasteiger partial charge in [-0.3, -0.25) is 0 Å². The number of hydrogen-bond acceptors (Lipinski definition) is 4. The minimum absolute atomic E-state index is 0.754. The van der Waals surface area contributed by atoms with E-state index in [-0.39, 0.29) is 0 Å². The predicted molar refractivity (Wildman–Crippen MR) is 225 cm³/mol. The van der Waals surface area contributed by atoms with Gasteiger partial charge in [-0.1, -0.05) is 146 Å². The Labute approximate surface area is 312 Å². The molecular weight excluding hydrogens is 657 g/mol. The van der Waals surface area contributed by atoms with Crippen molar-refractivity contribution in [1.82, 2.24) is 20.3 Å². The van der Waals surface area contributed by atoms with E-state index in [0.717, 1.165) is 89.7 Å². The molecule has 0 atom stereocenters. The second-order valence-corrected chi connectivity index (χ2v) is 14.0. The fourth-order valence-electron chi connectivity index (χ4n) is 8.21. The van der Waals surface area contributed by atoms with Crippen LogP contribution in [0.1, 0.15) is 16.7 Å². The smallest absolute Gasteiger partial charge is 0.0979 e. The molecule has 0 bridgehead atoms. The summed E-state index contributed by atoms with van der Waals surface area (Å²) < 4.78 is 0. The molecule has 54 heavy (non-hydrogen) atoms. The van der Waals surface area contributed by atoms with Gasteiger partial charge in [-0.25, -0.2) is 15.0 Å². The summed E-state index contributed by atoms with van der Waals surface area (Å²) in [5, 5.41) is 11.6. The molecule has 252 valence electrons. The molecule has 4 heteroatoms. The van der Waals surface area contributed by atoms with Crippen molar-refractivity contribution < 1.29 is 0 Å². The zero-order valence-electron chi connectivity index (χ0n) is 29.3. The second kappa shape index (κ2) is 12.2. The van der Waals surface area contributed by atoms with Gasteiger partial charge in [0.2, 0.25) is 0 Å². The summed E-state index contributed by atoms with van der Waals surface area (Å²) in [6, 6.07) is 60.1. The molecule has 7 aromatic carbocycles. The number of hydrogen-bond donors (Lipinski definition) is 1. The lowest BCUT2D eigenvalue weighted by molar-refractivity contribution is 0.880. The Hall–Kier alpha value is -7.17. The fourth-order valence-corrected chi connectivity index (χ4v) is 8.21. The first kappa shape index (κ1) is 30.5. The lowest BCUT2D eigenvalue weighted by atomic mass is 9.93. The normalized spacial score (nSPS) is 12.6. The Bertz CT molecular complexity index is 3170. The molecule has 0 saturated carbocycles. The van der Waals surface area contributed by atoms with Gasteiger partial charge in [0.05, 0.1) is 33.6 Å². The van der Waals surface area contributed by atoms with E-state index < -0.39 is 0 Å². The topological polar surface area (TPSA) is 50.7 Å². The molecule has 0 spiro atoms. The van der Waals surface area contributed by atoms with Gasteiger partial charge >= 0.3 is 0 Å². The third kappa shape index (κ3) is 4.96. The standard InChI is InChI=1S/C50H32N4/c1-2-15-35-30-51-46(27-34(35)14-1)43-29-48(39-21-10-17-32-12-4-7-19-37(32)39)54-50-41(43)25-24-40-42(45-26-23-33-13-5-8-22-44(33)52-45)28-47(53-49(40)50)38-20-9-16-31-11-3-6-18-36(31)38/h1-29,51H,30H2. The summed E-state index contributed by atoms with van der Waals surface area (Å²) >= 11 is 0. The minimum Gasteiger partial charge on any atom is -0.380 e. The van der Waals surface area contributed by atoms with Gasteiger partial charge in [-0.05, 0) is 63.0 Å². The average Bonchev–Trinajstić information content (AvgIpc) is 3.24. The molecule has 0 saturated heterocycles. The molecule has 1 aliphatic rings. The van der Waals surface area contributed by atoms with E-state index in [2.05, 4.69) is 175 Å². The van der Waals surface area contributed by atoms with Gasteiger partial charge in [0.15, 0.2) is 0 Å². The number of nitrogens with zero attached hydrogens (tertiary/aromatic N) is 3. The molecule has 11 rings (SSSR count). The van der Waals surface area contributed by atoms with Crippen LogP contribution in [0.4, 0.5) is 0 Å². The first-order valence-corrected chi connectivity index (χ1v) is 18.4. The third-order valence-electron chi connectivity index (χ3n) is 10.9. The van der Waals surface area contributed by atoms with E-state index in [4.69, 9.17) is 15.0 Å². The molecule has 3 aromatic heterocycles. The maximum atomic E-state index is 5.57. The summed E-state index contributed by atoms with van der Waals surface area (Å²) in [6.07, 6.45) is 2.27. The Kier molecular flexibility index (Phi) is 6.89. The summed E-state index contributed by atoms with van der Waals surface area (Å²) in [6.45, 7) is 0.754. The lowest BCUT2D eigenvalue weighted by Crippen LogP contribution is -2.17. The van der Waals surface area contributed by atoms with Crippen LogP contribution in [0, 0.1) is 0 Å². The van der Waals surface area contributed by atoms with Crippen molar-refractivity contribution in [3.8, 4) is 33.8 Å². The highest BCUT2D eigenvalue weighted by Crippen LogP contribution is 2.40. The summed E-state index contributed by atoms with van der Waals surface area (Å²) in [5.74, 6) is 0. The van der Waals surface area contributed by atoms with Gasteiger partial charge in [0, 0.05) is 50.7 Å². The van der Waals surface area contributed by atoms with Gasteiger partial charge in [-0.2, -0.15) is 0 Å². The molecule has 0 fully saturated rings. The van der Waals surface area contributed by atoms with E-state index in [1.165, 1.54) is 27.3 Å². The molecular formula is C50H32N4. The highest BCUT2D eigenvalue weighted by molar-refractivity contribution is 6.14. The Morgan fingerprint density at radius 3 is 1.69 bits per heavy atom. The van der Waals surface area contributed by atoms with E-state index in [1.54, 1.807) is 0 Å². The minimum atomic E-state index is 0.754. The molecule has 4 nitrogen and oxygen atoms in total. The number of pyridine rings is 3. The van der Waals surface area contributed by atoms with Crippen LogP contribution < -0.4 is 5.32 Å². The predicted octanol–water partition coefficient (Wildman–Crippen LogP) is 12.2. The highest BCUT2D eigenvalue weighted by atomic mass is 14.9. The number of benzene rings is 7. The van der Waals surface area contributed by atoms with E-state index in [9.17, 15) is 0 Å². The number of nitrogens with one attached hydrogen (secondary N) is 1. The van der Waals surface area contributed by atoms with Crippen molar-refractivity contribution >= 4 is 66.0 Å². The third-order valence-corrected chi connectivity index (χ3v) is 10.9. The van der Waals surface area contributed by atoms with Crippen molar-refractivity contribution in [3.05, 3.63) is 187 Å². The lowest BCUT2D eigenvalue weighted by Gasteiger charge is -2.21.